The van der Waals surface area contributed by atoms with Crippen LogP contribution in [0, 0.1) is 0 Å². The maximum atomic E-state index is 9.77. The Bertz CT molecular complexity index is 518. The van der Waals surface area contributed by atoms with E-state index in [1.54, 1.807) is 0 Å². The molecule has 1 aromatic carbocycles. The molecule has 4 nitrogen and oxygen atoms in total. The molecule has 1 heterocycles. The maximum Gasteiger partial charge on any atom is 0.0787 e. The predicted molar refractivity (Wildman–Crippen MR) is 77.0 cm³/mol. The van der Waals surface area contributed by atoms with Crippen LogP contribution in [0.25, 0.3) is 0 Å². The lowest BCUT2D eigenvalue weighted by Crippen LogP contribution is -2.16. The van der Waals surface area contributed by atoms with Gasteiger partial charge in [0.2, 0.25) is 0 Å². The molecule has 0 saturated heterocycles. The lowest BCUT2D eigenvalue weighted by molar-refractivity contribution is 0.173. The summed E-state index contributed by atoms with van der Waals surface area (Å²) in [6.07, 6.45) is 4.28. The summed E-state index contributed by atoms with van der Waals surface area (Å²) in [4.78, 5) is 2.17. The van der Waals surface area contributed by atoms with Crippen molar-refractivity contribution in [2.24, 2.45) is 7.05 Å². The third kappa shape index (κ3) is 3.35. The zero-order chi connectivity index (χ0) is 13.8. The summed E-state index contributed by atoms with van der Waals surface area (Å²) in [7, 11) is 3.97. The van der Waals surface area contributed by atoms with Gasteiger partial charge in [0.15, 0.2) is 0 Å². The zero-order valence-corrected chi connectivity index (χ0v) is 11.7. The monoisotopic (exact) mass is 259 g/mol. The summed E-state index contributed by atoms with van der Waals surface area (Å²) in [6, 6.07) is 8.07. The van der Waals surface area contributed by atoms with Gasteiger partial charge in [0.25, 0.3) is 0 Å². The maximum absolute atomic E-state index is 9.77. The van der Waals surface area contributed by atoms with Gasteiger partial charge in [0, 0.05) is 38.1 Å². The summed E-state index contributed by atoms with van der Waals surface area (Å²) >= 11 is 0. The Balaban J connectivity index is 2.05. The molecule has 19 heavy (non-hydrogen) atoms. The van der Waals surface area contributed by atoms with E-state index >= 15 is 0 Å². The Labute approximate surface area is 114 Å². The van der Waals surface area contributed by atoms with Crippen LogP contribution in [0.4, 0.5) is 5.69 Å². The Morgan fingerprint density at radius 3 is 2.53 bits per heavy atom. The molecule has 0 amide bonds. The van der Waals surface area contributed by atoms with Crippen LogP contribution < -0.4 is 4.90 Å². The fourth-order valence-corrected chi connectivity index (χ4v) is 2.11. The van der Waals surface area contributed by atoms with Crippen LogP contribution in [0.5, 0.6) is 0 Å². The second kappa shape index (κ2) is 5.89. The fourth-order valence-electron chi connectivity index (χ4n) is 2.11. The van der Waals surface area contributed by atoms with Gasteiger partial charge in [-0.05, 0) is 24.1 Å². The fraction of sp³-hybridized carbons (Fsp3) is 0.400. The van der Waals surface area contributed by atoms with Gasteiger partial charge < -0.3 is 10.0 Å². The van der Waals surface area contributed by atoms with Crippen molar-refractivity contribution in [2.75, 3.05) is 11.9 Å². The molecular weight excluding hydrogens is 238 g/mol. The smallest absolute Gasteiger partial charge is 0.0787 e. The molecule has 1 N–H and O–H groups in total. The average molecular weight is 259 g/mol. The van der Waals surface area contributed by atoms with E-state index < -0.39 is 0 Å². The van der Waals surface area contributed by atoms with E-state index in [0.29, 0.717) is 0 Å². The lowest BCUT2D eigenvalue weighted by atomic mass is 10.1. The molecule has 102 valence electrons. The minimum Gasteiger partial charge on any atom is -0.388 e. The Morgan fingerprint density at radius 2 is 2.00 bits per heavy atom. The molecule has 0 spiro atoms. The molecular formula is C15H21N3O. The highest BCUT2D eigenvalue weighted by molar-refractivity contribution is 5.47. The molecule has 2 rings (SSSR count). The van der Waals surface area contributed by atoms with Gasteiger partial charge >= 0.3 is 0 Å². The first-order chi connectivity index (χ1) is 9.10. The number of aromatic nitrogens is 2. The van der Waals surface area contributed by atoms with Crippen molar-refractivity contribution in [3.8, 4) is 0 Å². The molecule has 1 atom stereocenters. The van der Waals surface area contributed by atoms with Crippen LogP contribution >= 0.6 is 0 Å². The lowest BCUT2D eigenvalue weighted by Gasteiger charge is -2.19. The highest BCUT2D eigenvalue weighted by Gasteiger charge is 2.07. The zero-order valence-electron chi connectivity index (χ0n) is 11.7. The van der Waals surface area contributed by atoms with E-state index in [9.17, 15) is 5.11 Å². The van der Waals surface area contributed by atoms with Crippen LogP contribution in [-0.2, 0) is 13.6 Å². The third-order valence-corrected chi connectivity index (χ3v) is 3.28. The van der Waals surface area contributed by atoms with Crippen LogP contribution in [0.1, 0.15) is 30.6 Å². The van der Waals surface area contributed by atoms with Gasteiger partial charge in [-0.2, -0.15) is 5.10 Å². The van der Waals surface area contributed by atoms with Crippen LogP contribution in [0.3, 0.4) is 0 Å². The first-order valence-corrected chi connectivity index (χ1v) is 6.57. The molecule has 0 aliphatic rings. The van der Waals surface area contributed by atoms with Crippen molar-refractivity contribution in [3.05, 3.63) is 47.8 Å². The third-order valence-electron chi connectivity index (χ3n) is 3.28. The van der Waals surface area contributed by atoms with Crippen molar-refractivity contribution in [2.45, 2.75) is 26.0 Å². The topological polar surface area (TPSA) is 41.3 Å². The Hall–Kier alpha value is -1.81. The van der Waals surface area contributed by atoms with Crippen molar-refractivity contribution < 1.29 is 5.11 Å². The largest absolute Gasteiger partial charge is 0.388 e. The van der Waals surface area contributed by atoms with Gasteiger partial charge in [0.05, 0.1) is 12.3 Å². The molecule has 0 unspecified atom stereocenters. The van der Waals surface area contributed by atoms with Crippen molar-refractivity contribution in [3.63, 3.8) is 0 Å². The molecule has 4 heteroatoms. The second-order valence-electron chi connectivity index (χ2n) is 4.89. The number of aliphatic hydroxyl groups excluding tert-OH is 1. The van der Waals surface area contributed by atoms with E-state index in [4.69, 9.17) is 0 Å². The molecule has 0 saturated carbocycles. The predicted octanol–water partition coefficient (Wildman–Crippen LogP) is 2.50. The number of hydrogen-bond donors (Lipinski definition) is 1. The van der Waals surface area contributed by atoms with E-state index in [1.165, 1.54) is 5.56 Å². The molecule has 0 radical (unpaired) electrons. The van der Waals surface area contributed by atoms with Crippen molar-refractivity contribution >= 4 is 5.69 Å². The molecule has 0 aliphatic heterocycles. The molecule has 1 aromatic heterocycles. The average Bonchev–Trinajstić information content (AvgIpc) is 2.83. The summed E-state index contributed by atoms with van der Waals surface area (Å²) in [5.41, 5.74) is 3.29. The molecule has 0 aliphatic carbocycles. The van der Waals surface area contributed by atoms with Crippen LogP contribution in [-0.4, -0.2) is 21.9 Å². The number of rotatable bonds is 5. The van der Waals surface area contributed by atoms with Gasteiger partial charge in [-0.15, -0.1) is 0 Å². The van der Waals surface area contributed by atoms with E-state index in [1.807, 2.05) is 55.3 Å². The highest BCUT2D eigenvalue weighted by Crippen LogP contribution is 2.21. The number of anilines is 1. The number of nitrogens with zero attached hydrogens (tertiary/aromatic N) is 3. The quantitative estimate of drug-likeness (QED) is 0.897. The van der Waals surface area contributed by atoms with Gasteiger partial charge in [-0.25, -0.2) is 0 Å². The molecule has 2 aromatic rings. The number of benzene rings is 1. The summed E-state index contributed by atoms with van der Waals surface area (Å²) < 4.78 is 1.81. The van der Waals surface area contributed by atoms with Crippen LogP contribution in [0.2, 0.25) is 0 Å². The Kier molecular flexibility index (Phi) is 4.22. The van der Waals surface area contributed by atoms with E-state index in [0.717, 1.165) is 24.2 Å². The number of aryl methyl sites for hydroxylation is 1. The standard InChI is InChI=1S/C15H21N3O/c1-4-15(19)13-5-7-14(8-6-13)17(2)10-12-9-16-18(3)11-12/h5-9,11,15,19H,4,10H2,1-3H3/t15-/m1/s1. The highest BCUT2D eigenvalue weighted by atomic mass is 16.3. The van der Waals surface area contributed by atoms with Crippen molar-refractivity contribution in [1.29, 1.82) is 0 Å². The number of hydrogen-bond acceptors (Lipinski definition) is 3. The van der Waals surface area contributed by atoms with Gasteiger partial charge in [0.1, 0.15) is 0 Å². The first kappa shape index (κ1) is 13.6. The number of aliphatic hydroxyl groups is 1. The summed E-state index contributed by atoms with van der Waals surface area (Å²) in [6.45, 7) is 2.80. The summed E-state index contributed by atoms with van der Waals surface area (Å²) in [5, 5.41) is 13.9. The van der Waals surface area contributed by atoms with Crippen molar-refractivity contribution in [1.82, 2.24) is 9.78 Å². The normalized spacial score (nSPS) is 12.4. The van der Waals surface area contributed by atoms with Gasteiger partial charge in [-0.1, -0.05) is 19.1 Å². The summed E-state index contributed by atoms with van der Waals surface area (Å²) in [5.74, 6) is 0. The second-order valence-corrected chi connectivity index (χ2v) is 4.89. The minimum atomic E-state index is -0.363. The minimum absolute atomic E-state index is 0.363. The molecule has 0 fully saturated rings. The Morgan fingerprint density at radius 1 is 1.32 bits per heavy atom. The van der Waals surface area contributed by atoms with Gasteiger partial charge in [-0.3, -0.25) is 4.68 Å². The SMILES string of the molecule is CC[C@@H](O)c1ccc(N(C)Cc2cnn(C)c2)cc1. The van der Waals surface area contributed by atoms with Crippen LogP contribution in [0.15, 0.2) is 36.7 Å². The first-order valence-electron chi connectivity index (χ1n) is 6.57. The van der Waals surface area contributed by atoms with E-state index in [2.05, 4.69) is 17.0 Å². The van der Waals surface area contributed by atoms with E-state index in [-0.39, 0.29) is 6.10 Å². The molecule has 0 bridgehead atoms.